The van der Waals surface area contributed by atoms with Crippen LogP contribution >= 0.6 is 0 Å². The Kier molecular flexibility index (Phi) is 5.79. The number of amides is 1. The minimum atomic E-state index is -0.575. The molecule has 0 heterocycles. The molecule has 1 rings (SSSR count). The molecule has 1 aromatic carbocycles. The highest BCUT2D eigenvalue weighted by Gasteiger charge is 2.16. The lowest BCUT2D eigenvalue weighted by Crippen LogP contribution is -2.48. The first kappa shape index (κ1) is 15.5. The van der Waals surface area contributed by atoms with Crippen molar-refractivity contribution in [3.05, 3.63) is 29.8 Å². The van der Waals surface area contributed by atoms with Crippen molar-refractivity contribution in [2.24, 2.45) is 5.73 Å². The Bertz CT molecular complexity index is 404. The quantitative estimate of drug-likeness (QED) is 0.692. The van der Waals surface area contributed by atoms with Gasteiger partial charge in [0.15, 0.2) is 0 Å². The van der Waals surface area contributed by atoms with Crippen LogP contribution in [-0.4, -0.2) is 48.6 Å². The molecule has 1 aromatic rings. The summed E-state index contributed by atoms with van der Waals surface area (Å²) in [7, 11) is 3.91. The molecule has 2 atom stereocenters. The zero-order valence-electron chi connectivity index (χ0n) is 11.8. The lowest BCUT2D eigenvalue weighted by molar-refractivity contribution is -0.123. The van der Waals surface area contributed by atoms with Crippen molar-refractivity contribution in [3.63, 3.8) is 0 Å². The van der Waals surface area contributed by atoms with Gasteiger partial charge in [0.05, 0.1) is 6.04 Å². The van der Waals surface area contributed by atoms with E-state index in [9.17, 15) is 9.90 Å². The average molecular weight is 265 g/mol. The van der Waals surface area contributed by atoms with Crippen LogP contribution in [0.4, 0.5) is 0 Å². The number of phenols is 1. The molecule has 19 heavy (non-hydrogen) atoms. The zero-order valence-corrected chi connectivity index (χ0v) is 11.8. The molecule has 5 nitrogen and oxygen atoms in total. The molecular formula is C14H23N3O2. The summed E-state index contributed by atoms with van der Waals surface area (Å²) in [6.45, 7) is 2.73. The van der Waals surface area contributed by atoms with Gasteiger partial charge in [-0.1, -0.05) is 12.1 Å². The highest BCUT2D eigenvalue weighted by atomic mass is 16.3. The third kappa shape index (κ3) is 5.72. The van der Waals surface area contributed by atoms with E-state index in [1.807, 2.05) is 25.9 Å². The molecule has 0 aliphatic rings. The van der Waals surface area contributed by atoms with Crippen LogP contribution in [0, 0.1) is 0 Å². The van der Waals surface area contributed by atoms with E-state index >= 15 is 0 Å². The van der Waals surface area contributed by atoms with Crippen LogP contribution in [0.15, 0.2) is 24.3 Å². The number of carbonyl (C=O) groups excluding carboxylic acids is 1. The molecule has 0 radical (unpaired) electrons. The number of likely N-dealkylation sites (N-methyl/N-ethyl adjacent to an activating group) is 1. The van der Waals surface area contributed by atoms with Crippen molar-refractivity contribution in [2.75, 3.05) is 20.6 Å². The minimum Gasteiger partial charge on any atom is -0.508 e. The van der Waals surface area contributed by atoms with Crippen LogP contribution in [0.25, 0.3) is 0 Å². The predicted molar refractivity (Wildman–Crippen MR) is 75.9 cm³/mol. The minimum absolute atomic E-state index is 0.0633. The molecule has 0 fully saturated rings. The number of nitrogens with two attached hydrogens (primary N) is 1. The fourth-order valence-corrected chi connectivity index (χ4v) is 1.92. The Morgan fingerprint density at radius 1 is 1.37 bits per heavy atom. The van der Waals surface area contributed by atoms with E-state index in [2.05, 4.69) is 5.32 Å². The largest absolute Gasteiger partial charge is 0.508 e. The number of carbonyl (C=O) groups is 1. The van der Waals surface area contributed by atoms with Crippen LogP contribution in [0.5, 0.6) is 5.75 Å². The second-order valence-electron chi connectivity index (χ2n) is 5.15. The molecule has 0 aliphatic heterocycles. The molecule has 0 spiro atoms. The third-order valence-corrected chi connectivity index (χ3v) is 2.76. The maximum Gasteiger partial charge on any atom is 0.237 e. The second kappa shape index (κ2) is 7.11. The molecule has 1 unspecified atom stereocenters. The van der Waals surface area contributed by atoms with Crippen LogP contribution in [0.3, 0.4) is 0 Å². The van der Waals surface area contributed by atoms with Crippen molar-refractivity contribution in [1.29, 1.82) is 0 Å². The van der Waals surface area contributed by atoms with Crippen molar-refractivity contribution in [1.82, 2.24) is 10.2 Å². The van der Waals surface area contributed by atoms with E-state index in [0.717, 1.165) is 12.1 Å². The predicted octanol–water partition coefficient (Wildman–Crippen LogP) is 0.328. The number of rotatable bonds is 6. The van der Waals surface area contributed by atoms with E-state index < -0.39 is 6.04 Å². The second-order valence-corrected chi connectivity index (χ2v) is 5.15. The van der Waals surface area contributed by atoms with Gasteiger partial charge in [-0.05, 0) is 45.1 Å². The Labute approximate surface area is 114 Å². The summed E-state index contributed by atoms with van der Waals surface area (Å²) in [6, 6.07) is 6.21. The van der Waals surface area contributed by atoms with Gasteiger partial charge < -0.3 is 21.1 Å². The number of hydrogen-bond donors (Lipinski definition) is 3. The Hall–Kier alpha value is -1.59. The van der Waals surface area contributed by atoms with Crippen molar-refractivity contribution in [2.45, 2.75) is 25.4 Å². The highest BCUT2D eigenvalue weighted by molar-refractivity contribution is 5.82. The van der Waals surface area contributed by atoms with E-state index in [4.69, 9.17) is 5.73 Å². The maximum atomic E-state index is 11.9. The smallest absolute Gasteiger partial charge is 0.237 e. The first-order valence-electron chi connectivity index (χ1n) is 6.37. The molecule has 0 saturated carbocycles. The number of nitrogens with zero attached hydrogens (tertiary/aromatic N) is 1. The summed E-state index contributed by atoms with van der Waals surface area (Å²) in [6.07, 6.45) is 0.459. The molecule has 4 N–H and O–H groups in total. The summed E-state index contributed by atoms with van der Waals surface area (Å²) in [5.74, 6) is 0.0591. The summed E-state index contributed by atoms with van der Waals surface area (Å²) >= 11 is 0. The van der Waals surface area contributed by atoms with Gasteiger partial charge in [-0.15, -0.1) is 0 Å². The van der Waals surface area contributed by atoms with Crippen LogP contribution in [0.1, 0.15) is 12.5 Å². The van der Waals surface area contributed by atoms with Gasteiger partial charge in [-0.25, -0.2) is 0 Å². The van der Waals surface area contributed by atoms with Gasteiger partial charge >= 0.3 is 0 Å². The van der Waals surface area contributed by atoms with Crippen LogP contribution in [0.2, 0.25) is 0 Å². The number of benzene rings is 1. The topological polar surface area (TPSA) is 78.6 Å². The summed E-state index contributed by atoms with van der Waals surface area (Å²) in [5, 5.41) is 12.1. The average Bonchev–Trinajstić information content (AvgIpc) is 2.30. The van der Waals surface area contributed by atoms with Gasteiger partial charge in [0.1, 0.15) is 5.75 Å². The molecule has 106 valence electrons. The molecule has 0 aromatic heterocycles. The highest BCUT2D eigenvalue weighted by Crippen LogP contribution is 2.10. The molecule has 0 saturated heterocycles. The fourth-order valence-electron chi connectivity index (χ4n) is 1.92. The van der Waals surface area contributed by atoms with Gasteiger partial charge in [-0.3, -0.25) is 4.79 Å². The van der Waals surface area contributed by atoms with Crippen LogP contribution < -0.4 is 11.1 Å². The summed E-state index contributed by atoms with van der Waals surface area (Å²) in [5.41, 5.74) is 6.81. The normalized spacial score (nSPS) is 14.2. The SMILES string of the molecule is CC(CN(C)C)NC(=O)[C@@H](N)Cc1ccc(O)cc1. The number of aromatic hydroxyl groups is 1. The number of phenolic OH excluding ortho intramolecular Hbond substituents is 1. The third-order valence-electron chi connectivity index (χ3n) is 2.76. The maximum absolute atomic E-state index is 11.9. The number of hydrogen-bond acceptors (Lipinski definition) is 4. The molecular weight excluding hydrogens is 242 g/mol. The summed E-state index contributed by atoms with van der Waals surface area (Å²) < 4.78 is 0. The molecule has 5 heteroatoms. The fraction of sp³-hybridized carbons (Fsp3) is 0.500. The van der Waals surface area contributed by atoms with Gasteiger partial charge in [0, 0.05) is 12.6 Å². The lowest BCUT2D eigenvalue weighted by atomic mass is 10.1. The Balaban J connectivity index is 2.46. The monoisotopic (exact) mass is 265 g/mol. The van der Waals surface area contributed by atoms with Crippen molar-refractivity contribution in [3.8, 4) is 5.75 Å². The van der Waals surface area contributed by atoms with E-state index in [0.29, 0.717) is 6.42 Å². The van der Waals surface area contributed by atoms with Gasteiger partial charge in [0.25, 0.3) is 0 Å². The molecule has 1 amide bonds. The standard InChI is InChI=1S/C14H23N3O2/c1-10(9-17(2)3)16-14(19)13(15)8-11-4-6-12(18)7-5-11/h4-7,10,13,18H,8-9,15H2,1-3H3,(H,16,19)/t10?,13-/m0/s1. The van der Waals surface area contributed by atoms with Gasteiger partial charge in [-0.2, -0.15) is 0 Å². The zero-order chi connectivity index (χ0) is 14.4. The van der Waals surface area contributed by atoms with Crippen LogP contribution in [-0.2, 0) is 11.2 Å². The van der Waals surface area contributed by atoms with E-state index in [-0.39, 0.29) is 17.7 Å². The molecule has 0 bridgehead atoms. The van der Waals surface area contributed by atoms with E-state index in [1.54, 1.807) is 24.3 Å². The number of nitrogens with one attached hydrogen (secondary N) is 1. The lowest BCUT2D eigenvalue weighted by Gasteiger charge is -2.20. The van der Waals surface area contributed by atoms with E-state index in [1.165, 1.54) is 0 Å². The van der Waals surface area contributed by atoms with Crippen molar-refractivity contribution < 1.29 is 9.90 Å². The Morgan fingerprint density at radius 3 is 2.47 bits per heavy atom. The Morgan fingerprint density at radius 2 is 1.95 bits per heavy atom. The molecule has 0 aliphatic carbocycles. The first-order valence-corrected chi connectivity index (χ1v) is 6.37. The van der Waals surface area contributed by atoms with Crippen molar-refractivity contribution >= 4 is 5.91 Å². The summed E-state index contributed by atoms with van der Waals surface area (Å²) in [4.78, 5) is 13.9. The van der Waals surface area contributed by atoms with Gasteiger partial charge in [0.2, 0.25) is 5.91 Å². The first-order chi connectivity index (χ1) is 8.88.